The molecule has 2 heterocycles. The third-order valence-corrected chi connectivity index (χ3v) is 4.60. The zero-order valence-corrected chi connectivity index (χ0v) is 11.7. The number of rotatable bonds is 1. The summed E-state index contributed by atoms with van der Waals surface area (Å²) in [5, 5.41) is 3.68. The molecule has 0 atom stereocenters. The Bertz CT molecular complexity index is 680. The number of carbonyl (C=O) groups excluding carboxylic acids is 2. The van der Waals surface area contributed by atoms with Crippen molar-refractivity contribution < 1.29 is 9.59 Å². The molecule has 6 heteroatoms. The van der Waals surface area contributed by atoms with Gasteiger partial charge in [0.05, 0.1) is 5.69 Å². The minimum absolute atomic E-state index is 0.00962. The Morgan fingerprint density at radius 3 is 2.90 bits per heavy atom. The maximum absolute atomic E-state index is 12.6. The van der Waals surface area contributed by atoms with E-state index in [0.717, 1.165) is 10.1 Å². The van der Waals surface area contributed by atoms with Crippen molar-refractivity contribution in [2.75, 3.05) is 25.4 Å². The normalized spacial score (nSPS) is 16.0. The topological polar surface area (TPSA) is 75.4 Å². The van der Waals surface area contributed by atoms with E-state index >= 15 is 0 Å². The molecular weight excluding hydrogens is 274 g/mol. The standard InChI is InChI=1S/C14H15N3O2S/c15-12-9-3-1-2-4-10(9)20-13(12)14(19)17-7-5-11(18)16-6-8-17/h1-4H,5-8,15H2,(H,16,18). The fraction of sp³-hybridized carbons (Fsp3) is 0.286. The molecule has 0 saturated carbocycles. The molecule has 1 saturated heterocycles. The number of nitrogens with two attached hydrogens (primary N) is 1. The summed E-state index contributed by atoms with van der Waals surface area (Å²) in [6.45, 7) is 1.46. The number of hydrogen-bond donors (Lipinski definition) is 2. The first-order chi connectivity index (χ1) is 9.66. The molecule has 1 aromatic carbocycles. The summed E-state index contributed by atoms with van der Waals surface area (Å²) < 4.78 is 1.01. The SMILES string of the molecule is Nc1c(C(=O)N2CCNC(=O)CC2)sc2ccccc12. The highest BCUT2D eigenvalue weighted by atomic mass is 32.1. The smallest absolute Gasteiger partial charge is 0.266 e. The van der Waals surface area contributed by atoms with Gasteiger partial charge in [0.2, 0.25) is 5.91 Å². The fourth-order valence-corrected chi connectivity index (χ4v) is 3.43. The van der Waals surface area contributed by atoms with Crippen LogP contribution < -0.4 is 11.1 Å². The van der Waals surface area contributed by atoms with Crippen molar-refractivity contribution in [1.82, 2.24) is 10.2 Å². The van der Waals surface area contributed by atoms with Crippen molar-refractivity contribution in [3.8, 4) is 0 Å². The second-order valence-corrected chi connectivity index (χ2v) is 5.79. The number of nitrogen functional groups attached to an aromatic ring is 1. The molecule has 0 radical (unpaired) electrons. The van der Waals surface area contributed by atoms with Gasteiger partial charge >= 0.3 is 0 Å². The van der Waals surface area contributed by atoms with E-state index in [2.05, 4.69) is 5.32 Å². The zero-order chi connectivity index (χ0) is 14.1. The molecule has 1 aliphatic rings. The van der Waals surface area contributed by atoms with Crippen LogP contribution in [0.5, 0.6) is 0 Å². The Kier molecular flexibility index (Phi) is 3.31. The number of thiophene rings is 1. The molecule has 0 unspecified atom stereocenters. The van der Waals surface area contributed by atoms with Gasteiger partial charge in [-0.25, -0.2) is 0 Å². The quantitative estimate of drug-likeness (QED) is 0.834. The van der Waals surface area contributed by atoms with Gasteiger partial charge in [-0.2, -0.15) is 0 Å². The highest BCUT2D eigenvalue weighted by Gasteiger charge is 2.23. The van der Waals surface area contributed by atoms with Crippen molar-refractivity contribution in [1.29, 1.82) is 0 Å². The van der Waals surface area contributed by atoms with E-state index in [1.807, 2.05) is 24.3 Å². The lowest BCUT2D eigenvalue weighted by Crippen LogP contribution is -2.34. The summed E-state index contributed by atoms with van der Waals surface area (Å²) in [6, 6.07) is 7.72. The fourth-order valence-electron chi connectivity index (χ4n) is 2.34. The molecule has 1 aromatic heterocycles. The van der Waals surface area contributed by atoms with Crippen LogP contribution in [-0.4, -0.2) is 36.3 Å². The minimum Gasteiger partial charge on any atom is -0.397 e. The largest absolute Gasteiger partial charge is 0.397 e. The second-order valence-electron chi connectivity index (χ2n) is 4.73. The average molecular weight is 289 g/mol. The van der Waals surface area contributed by atoms with Gasteiger partial charge in [0.25, 0.3) is 5.91 Å². The minimum atomic E-state index is -0.0831. The highest BCUT2D eigenvalue weighted by molar-refractivity contribution is 7.21. The monoisotopic (exact) mass is 289 g/mol. The van der Waals surface area contributed by atoms with Gasteiger partial charge in [0.1, 0.15) is 4.88 Å². The molecule has 1 fully saturated rings. The number of amides is 2. The second kappa shape index (κ2) is 5.13. The molecule has 5 nitrogen and oxygen atoms in total. The molecule has 0 bridgehead atoms. The van der Waals surface area contributed by atoms with E-state index in [0.29, 0.717) is 36.6 Å². The van der Waals surface area contributed by atoms with Crippen LogP contribution in [-0.2, 0) is 4.79 Å². The molecule has 20 heavy (non-hydrogen) atoms. The van der Waals surface area contributed by atoms with Gasteiger partial charge in [-0.1, -0.05) is 18.2 Å². The molecule has 2 aromatic rings. The van der Waals surface area contributed by atoms with Crippen LogP contribution in [0.1, 0.15) is 16.1 Å². The lowest BCUT2D eigenvalue weighted by Gasteiger charge is -2.18. The van der Waals surface area contributed by atoms with Crippen LogP contribution in [0.4, 0.5) is 5.69 Å². The zero-order valence-electron chi connectivity index (χ0n) is 10.9. The number of nitrogens with one attached hydrogen (secondary N) is 1. The molecule has 1 aliphatic heterocycles. The van der Waals surface area contributed by atoms with Crippen LogP contribution >= 0.6 is 11.3 Å². The van der Waals surface area contributed by atoms with E-state index in [1.165, 1.54) is 11.3 Å². The van der Waals surface area contributed by atoms with Gasteiger partial charge in [0.15, 0.2) is 0 Å². The Labute approximate surface area is 120 Å². The number of carbonyl (C=O) groups is 2. The summed E-state index contributed by atoms with van der Waals surface area (Å²) in [7, 11) is 0. The van der Waals surface area contributed by atoms with Gasteiger partial charge < -0.3 is 16.0 Å². The molecule has 2 amide bonds. The van der Waals surface area contributed by atoms with Crippen molar-refractivity contribution in [2.45, 2.75) is 6.42 Å². The molecule has 0 spiro atoms. The van der Waals surface area contributed by atoms with Crippen LogP contribution in [0.25, 0.3) is 10.1 Å². The summed E-state index contributed by atoms with van der Waals surface area (Å²) >= 11 is 1.41. The van der Waals surface area contributed by atoms with Crippen molar-refractivity contribution >= 4 is 38.9 Å². The first-order valence-electron chi connectivity index (χ1n) is 6.50. The van der Waals surface area contributed by atoms with Gasteiger partial charge in [-0.05, 0) is 6.07 Å². The molecule has 104 valence electrons. The molecule has 0 aliphatic carbocycles. The van der Waals surface area contributed by atoms with E-state index in [9.17, 15) is 9.59 Å². The van der Waals surface area contributed by atoms with Crippen LogP contribution in [0.15, 0.2) is 24.3 Å². The van der Waals surface area contributed by atoms with Crippen LogP contribution in [0, 0.1) is 0 Å². The lowest BCUT2D eigenvalue weighted by molar-refractivity contribution is -0.120. The molecule has 3 rings (SSSR count). The summed E-state index contributed by atoms with van der Waals surface area (Å²) in [5.74, 6) is -0.0928. The number of nitrogens with zero attached hydrogens (tertiary/aromatic N) is 1. The Morgan fingerprint density at radius 2 is 2.10 bits per heavy atom. The Morgan fingerprint density at radius 1 is 1.30 bits per heavy atom. The third-order valence-electron chi connectivity index (χ3n) is 3.43. The van der Waals surface area contributed by atoms with Gasteiger partial charge in [-0.3, -0.25) is 9.59 Å². The summed E-state index contributed by atoms with van der Waals surface area (Å²) in [5.41, 5.74) is 6.63. The van der Waals surface area contributed by atoms with Crippen molar-refractivity contribution in [3.63, 3.8) is 0 Å². The maximum atomic E-state index is 12.6. The van der Waals surface area contributed by atoms with E-state index in [-0.39, 0.29) is 11.8 Å². The lowest BCUT2D eigenvalue weighted by atomic mass is 10.2. The predicted octanol–water partition coefficient (Wildman–Crippen LogP) is 1.45. The number of anilines is 1. The first kappa shape index (κ1) is 12.9. The highest BCUT2D eigenvalue weighted by Crippen LogP contribution is 2.34. The summed E-state index contributed by atoms with van der Waals surface area (Å²) in [4.78, 5) is 26.2. The third kappa shape index (κ3) is 2.22. The van der Waals surface area contributed by atoms with Crippen LogP contribution in [0.2, 0.25) is 0 Å². The average Bonchev–Trinajstić information content (AvgIpc) is 2.64. The Balaban J connectivity index is 1.92. The van der Waals surface area contributed by atoms with E-state index < -0.39 is 0 Å². The number of benzene rings is 1. The number of fused-ring (bicyclic) bond motifs is 1. The van der Waals surface area contributed by atoms with E-state index in [4.69, 9.17) is 5.73 Å². The Hall–Kier alpha value is -2.08. The molecular formula is C14H15N3O2S. The van der Waals surface area contributed by atoms with E-state index in [1.54, 1.807) is 4.90 Å². The molecule has 3 N–H and O–H groups in total. The van der Waals surface area contributed by atoms with Crippen LogP contribution in [0.3, 0.4) is 0 Å². The first-order valence-corrected chi connectivity index (χ1v) is 7.31. The van der Waals surface area contributed by atoms with Crippen molar-refractivity contribution in [3.05, 3.63) is 29.1 Å². The van der Waals surface area contributed by atoms with Crippen molar-refractivity contribution in [2.24, 2.45) is 0 Å². The summed E-state index contributed by atoms with van der Waals surface area (Å²) in [6.07, 6.45) is 0.344. The van der Waals surface area contributed by atoms with Gasteiger partial charge in [0, 0.05) is 36.1 Å². The number of hydrogen-bond acceptors (Lipinski definition) is 4. The van der Waals surface area contributed by atoms with Gasteiger partial charge in [-0.15, -0.1) is 11.3 Å². The maximum Gasteiger partial charge on any atom is 0.266 e. The predicted molar refractivity (Wildman–Crippen MR) is 79.8 cm³/mol.